The van der Waals surface area contributed by atoms with E-state index < -0.39 is 0 Å². The molecular weight excluding hydrogens is 122 g/mol. The smallest absolute Gasteiger partial charge is 0.0857 e. The zero-order chi connectivity index (χ0) is 7.61. The molecular formula is C9H20N+. The molecule has 0 N–H and O–H groups in total. The fourth-order valence-corrected chi connectivity index (χ4v) is 1.94. The van der Waals surface area contributed by atoms with Gasteiger partial charge < -0.3 is 4.48 Å². The van der Waals surface area contributed by atoms with Gasteiger partial charge in [-0.1, -0.05) is 6.92 Å². The predicted molar refractivity (Wildman–Crippen MR) is 44.9 cm³/mol. The molecule has 0 saturated carbocycles. The van der Waals surface area contributed by atoms with Gasteiger partial charge in [-0.25, -0.2) is 0 Å². The molecule has 0 aliphatic carbocycles. The van der Waals surface area contributed by atoms with Crippen LogP contribution in [-0.4, -0.2) is 30.7 Å². The molecule has 0 aromatic carbocycles. The van der Waals surface area contributed by atoms with Crippen LogP contribution in [-0.2, 0) is 0 Å². The largest absolute Gasteiger partial charge is 0.324 e. The van der Waals surface area contributed by atoms with Crippen molar-refractivity contribution >= 4 is 0 Å². The second kappa shape index (κ2) is 2.91. The molecule has 1 saturated heterocycles. The minimum atomic E-state index is 0.877. The molecule has 60 valence electrons. The van der Waals surface area contributed by atoms with Crippen LogP contribution < -0.4 is 0 Å². The first-order chi connectivity index (χ1) is 4.69. The molecule has 1 aliphatic heterocycles. The van der Waals surface area contributed by atoms with Crippen molar-refractivity contribution in [1.82, 2.24) is 0 Å². The summed E-state index contributed by atoms with van der Waals surface area (Å²) in [5.41, 5.74) is 0. The standard InChI is InChI=1S/C9H20N/c1-4-9(2)10(3)7-5-6-8-10/h9H,4-8H2,1-3H3/q+1. The van der Waals surface area contributed by atoms with Crippen molar-refractivity contribution in [3.63, 3.8) is 0 Å². The summed E-state index contributed by atoms with van der Waals surface area (Å²) in [6.45, 7) is 7.50. The maximum Gasteiger partial charge on any atom is 0.0857 e. The highest BCUT2D eigenvalue weighted by Crippen LogP contribution is 2.21. The molecule has 1 heterocycles. The first-order valence-electron chi connectivity index (χ1n) is 4.53. The van der Waals surface area contributed by atoms with E-state index in [2.05, 4.69) is 20.9 Å². The van der Waals surface area contributed by atoms with E-state index >= 15 is 0 Å². The lowest BCUT2D eigenvalue weighted by atomic mass is 10.2. The topological polar surface area (TPSA) is 0 Å². The summed E-state index contributed by atoms with van der Waals surface area (Å²) < 4.78 is 1.33. The van der Waals surface area contributed by atoms with Gasteiger partial charge in [-0.05, 0) is 13.3 Å². The molecule has 0 bridgehead atoms. The number of likely N-dealkylation sites (tertiary alicyclic amines) is 1. The molecule has 1 nitrogen and oxygen atoms in total. The van der Waals surface area contributed by atoms with Crippen LogP contribution in [0.1, 0.15) is 33.1 Å². The Morgan fingerprint density at radius 2 is 1.80 bits per heavy atom. The van der Waals surface area contributed by atoms with Gasteiger partial charge in [-0.15, -0.1) is 0 Å². The van der Waals surface area contributed by atoms with Gasteiger partial charge in [0.1, 0.15) is 0 Å². The Hall–Kier alpha value is -0.0400. The van der Waals surface area contributed by atoms with Gasteiger partial charge in [0.05, 0.1) is 26.2 Å². The van der Waals surface area contributed by atoms with Gasteiger partial charge in [0.15, 0.2) is 0 Å². The minimum absolute atomic E-state index is 0.877. The van der Waals surface area contributed by atoms with E-state index in [9.17, 15) is 0 Å². The van der Waals surface area contributed by atoms with Crippen molar-refractivity contribution < 1.29 is 4.48 Å². The Bertz CT molecular complexity index is 103. The molecule has 1 rings (SSSR count). The maximum absolute atomic E-state index is 2.40. The molecule has 10 heavy (non-hydrogen) atoms. The Kier molecular flexibility index (Phi) is 2.35. The zero-order valence-electron chi connectivity index (χ0n) is 7.56. The van der Waals surface area contributed by atoms with Crippen LogP contribution in [0.15, 0.2) is 0 Å². The number of quaternary nitrogens is 1. The number of hydrogen-bond acceptors (Lipinski definition) is 0. The van der Waals surface area contributed by atoms with E-state index in [1.54, 1.807) is 0 Å². The first kappa shape index (κ1) is 8.06. The Labute approximate surface area is 64.6 Å². The van der Waals surface area contributed by atoms with Gasteiger partial charge in [-0.3, -0.25) is 0 Å². The van der Waals surface area contributed by atoms with Crippen LogP contribution in [0.5, 0.6) is 0 Å². The zero-order valence-corrected chi connectivity index (χ0v) is 7.56. The summed E-state index contributed by atoms with van der Waals surface area (Å²) in [6.07, 6.45) is 4.22. The lowest BCUT2D eigenvalue weighted by molar-refractivity contribution is -0.920. The van der Waals surface area contributed by atoms with Crippen LogP contribution in [0.3, 0.4) is 0 Å². The van der Waals surface area contributed by atoms with Gasteiger partial charge in [0.2, 0.25) is 0 Å². The van der Waals surface area contributed by atoms with Crippen LogP contribution >= 0.6 is 0 Å². The van der Waals surface area contributed by atoms with E-state index in [0.29, 0.717) is 0 Å². The molecule has 1 unspecified atom stereocenters. The molecule has 0 radical (unpaired) electrons. The monoisotopic (exact) mass is 142 g/mol. The Morgan fingerprint density at radius 3 is 2.20 bits per heavy atom. The summed E-state index contributed by atoms with van der Waals surface area (Å²) >= 11 is 0. The maximum atomic E-state index is 2.40. The fourth-order valence-electron chi connectivity index (χ4n) is 1.94. The van der Waals surface area contributed by atoms with E-state index in [1.807, 2.05) is 0 Å². The highest BCUT2D eigenvalue weighted by Gasteiger charge is 2.31. The molecule has 1 atom stereocenters. The second-order valence-electron chi connectivity index (χ2n) is 3.89. The molecule has 1 fully saturated rings. The van der Waals surface area contributed by atoms with Crippen molar-refractivity contribution in [2.45, 2.75) is 39.2 Å². The van der Waals surface area contributed by atoms with Gasteiger partial charge in [-0.2, -0.15) is 0 Å². The van der Waals surface area contributed by atoms with Crippen LogP contribution in [0.2, 0.25) is 0 Å². The lowest BCUT2D eigenvalue weighted by Crippen LogP contribution is -2.47. The molecule has 0 spiro atoms. The average Bonchev–Trinajstić information content (AvgIpc) is 2.36. The summed E-state index contributed by atoms with van der Waals surface area (Å²) in [5.74, 6) is 0. The lowest BCUT2D eigenvalue weighted by Gasteiger charge is -2.35. The minimum Gasteiger partial charge on any atom is -0.324 e. The average molecular weight is 142 g/mol. The third kappa shape index (κ3) is 1.34. The number of nitrogens with zero attached hydrogens (tertiary/aromatic N) is 1. The van der Waals surface area contributed by atoms with Crippen LogP contribution in [0, 0.1) is 0 Å². The van der Waals surface area contributed by atoms with Crippen LogP contribution in [0.25, 0.3) is 0 Å². The highest BCUT2D eigenvalue weighted by molar-refractivity contribution is 4.57. The summed E-state index contributed by atoms with van der Waals surface area (Å²) in [7, 11) is 2.40. The van der Waals surface area contributed by atoms with E-state index in [0.717, 1.165) is 6.04 Å². The van der Waals surface area contributed by atoms with E-state index in [4.69, 9.17) is 0 Å². The van der Waals surface area contributed by atoms with Crippen molar-refractivity contribution in [3.05, 3.63) is 0 Å². The van der Waals surface area contributed by atoms with Gasteiger partial charge >= 0.3 is 0 Å². The quantitative estimate of drug-likeness (QED) is 0.517. The normalized spacial score (nSPS) is 26.7. The molecule has 0 aromatic heterocycles. The van der Waals surface area contributed by atoms with Gasteiger partial charge in [0, 0.05) is 12.8 Å². The summed E-state index contributed by atoms with van der Waals surface area (Å²) in [5, 5.41) is 0. The molecule has 0 aromatic rings. The predicted octanol–water partition coefficient (Wildman–Crippen LogP) is 2.03. The first-order valence-corrected chi connectivity index (χ1v) is 4.53. The van der Waals surface area contributed by atoms with Crippen molar-refractivity contribution in [3.8, 4) is 0 Å². The second-order valence-corrected chi connectivity index (χ2v) is 3.89. The third-order valence-electron chi connectivity index (χ3n) is 3.24. The Balaban J connectivity index is 2.49. The fraction of sp³-hybridized carbons (Fsp3) is 1.00. The Morgan fingerprint density at radius 1 is 1.30 bits per heavy atom. The number of hydrogen-bond donors (Lipinski definition) is 0. The number of rotatable bonds is 2. The highest BCUT2D eigenvalue weighted by atomic mass is 15.4. The molecule has 1 heteroatoms. The summed E-state index contributed by atoms with van der Waals surface area (Å²) in [6, 6.07) is 0.877. The SMILES string of the molecule is CCC(C)[N+]1(C)CCCC1. The van der Waals surface area contributed by atoms with E-state index in [1.165, 1.54) is 36.8 Å². The van der Waals surface area contributed by atoms with Gasteiger partial charge in [0.25, 0.3) is 0 Å². The summed E-state index contributed by atoms with van der Waals surface area (Å²) in [4.78, 5) is 0. The third-order valence-corrected chi connectivity index (χ3v) is 3.24. The molecule has 0 amide bonds. The van der Waals surface area contributed by atoms with E-state index in [-0.39, 0.29) is 0 Å². The van der Waals surface area contributed by atoms with Crippen LogP contribution in [0.4, 0.5) is 0 Å². The van der Waals surface area contributed by atoms with Crippen molar-refractivity contribution in [1.29, 1.82) is 0 Å². The van der Waals surface area contributed by atoms with Crippen molar-refractivity contribution in [2.24, 2.45) is 0 Å². The molecule has 1 aliphatic rings. The van der Waals surface area contributed by atoms with Crippen molar-refractivity contribution in [2.75, 3.05) is 20.1 Å².